The molecule has 0 unspecified atom stereocenters. The van der Waals surface area contributed by atoms with Crippen LogP contribution >= 0.6 is 0 Å². The van der Waals surface area contributed by atoms with Crippen LogP contribution in [-0.4, -0.2) is 63.7 Å². The summed E-state index contributed by atoms with van der Waals surface area (Å²) in [6, 6.07) is 0.562. The minimum atomic E-state index is -1.25. The lowest BCUT2D eigenvalue weighted by Gasteiger charge is -2.34. The molecule has 0 spiro atoms. The van der Waals surface area contributed by atoms with Crippen LogP contribution in [0.15, 0.2) is 12.1 Å². The fourth-order valence-corrected chi connectivity index (χ4v) is 2.87. The second-order valence-electron chi connectivity index (χ2n) is 6.11. The van der Waals surface area contributed by atoms with Gasteiger partial charge in [-0.15, -0.1) is 5.10 Å². The van der Waals surface area contributed by atoms with Crippen molar-refractivity contribution in [1.29, 1.82) is 0 Å². The molecule has 1 aliphatic rings. The summed E-state index contributed by atoms with van der Waals surface area (Å²) >= 11 is 0. The largest absolute Gasteiger partial charge is 0.339 e. The van der Waals surface area contributed by atoms with Gasteiger partial charge in [0, 0.05) is 44.7 Å². The third-order valence-electron chi connectivity index (χ3n) is 4.26. The van der Waals surface area contributed by atoms with Crippen LogP contribution < -0.4 is 10.6 Å². The molecule has 1 aromatic heterocycles. The van der Waals surface area contributed by atoms with E-state index < -0.39 is 23.5 Å². The van der Waals surface area contributed by atoms with Crippen LogP contribution in [0.4, 0.5) is 19.1 Å². The fourth-order valence-electron chi connectivity index (χ4n) is 2.87. The minimum Gasteiger partial charge on any atom is -0.339 e. The maximum Gasteiger partial charge on any atom is 0.265 e. The van der Waals surface area contributed by atoms with Gasteiger partial charge in [-0.1, -0.05) is 5.10 Å². The third kappa shape index (κ3) is 4.10. The summed E-state index contributed by atoms with van der Waals surface area (Å²) in [6.45, 7) is 2.05. The first-order chi connectivity index (χ1) is 12.4. The molecule has 1 saturated heterocycles. The van der Waals surface area contributed by atoms with Crippen molar-refractivity contribution in [3.63, 3.8) is 0 Å². The van der Waals surface area contributed by atoms with Gasteiger partial charge >= 0.3 is 0 Å². The number of nitrogens with zero attached hydrogens (tertiary/aromatic N) is 5. The molecular formula is C15H18F3N7O. The molecule has 2 aromatic rings. The number of halogens is 3. The lowest BCUT2D eigenvalue weighted by atomic mass is 10.0. The number of aromatic nitrogens is 4. The van der Waals surface area contributed by atoms with E-state index in [0.29, 0.717) is 38.2 Å². The van der Waals surface area contributed by atoms with Crippen LogP contribution in [0.3, 0.4) is 0 Å². The Labute approximate surface area is 147 Å². The van der Waals surface area contributed by atoms with Crippen LogP contribution in [0.2, 0.25) is 0 Å². The Bertz CT molecular complexity index is 763. The molecular weight excluding hydrogens is 351 g/mol. The van der Waals surface area contributed by atoms with Crippen molar-refractivity contribution in [3.05, 3.63) is 35.1 Å². The van der Waals surface area contributed by atoms with Gasteiger partial charge in [-0.2, -0.15) is 5.21 Å². The highest BCUT2D eigenvalue weighted by atomic mass is 19.2. The van der Waals surface area contributed by atoms with Gasteiger partial charge in [0.05, 0.1) is 0 Å². The van der Waals surface area contributed by atoms with Gasteiger partial charge in [0.25, 0.3) is 5.95 Å². The van der Waals surface area contributed by atoms with E-state index in [0.717, 1.165) is 6.07 Å². The van der Waals surface area contributed by atoms with Crippen LogP contribution in [0.25, 0.3) is 0 Å². The second-order valence-corrected chi connectivity index (χ2v) is 6.11. The van der Waals surface area contributed by atoms with E-state index in [1.807, 2.05) is 4.90 Å². The van der Waals surface area contributed by atoms with Crippen LogP contribution in [0, 0.1) is 17.5 Å². The van der Waals surface area contributed by atoms with Crippen molar-refractivity contribution in [2.45, 2.75) is 18.9 Å². The zero-order valence-corrected chi connectivity index (χ0v) is 13.8. The lowest BCUT2D eigenvalue weighted by Crippen LogP contribution is -2.50. The Morgan fingerprint density at radius 2 is 1.85 bits per heavy atom. The predicted octanol–water partition coefficient (Wildman–Crippen LogP) is 0.226. The molecule has 0 aliphatic carbocycles. The van der Waals surface area contributed by atoms with Gasteiger partial charge in [-0.3, -0.25) is 4.79 Å². The van der Waals surface area contributed by atoms with E-state index in [1.165, 1.54) is 0 Å². The monoisotopic (exact) mass is 369 g/mol. The molecule has 0 radical (unpaired) electrons. The van der Waals surface area contributed by atoms with Gasteiger partial charge in [0.2, 0.25) is 5.91 Å². The number of amides is 1. The molecule has 140 valence electrons. The summed E-state index contributed by atoms with van der Waals surface area (Å²) in [4.78, 5) is 15.9. The van der Waals surface area contributed by atoms with Crippen molar-refractivity contribution in [1.82, 2.24) is 25.5 Å². The van der Waals surface area contributed by atoms with E-state index in [4.69, 9.17) is 5.73 Å². The number of piperazine rings is 1. The number of nitrogens with one attached hydrogen (secondary N) is 1. The van der Waals surface area contributed by atoms with Crippen LogP contribution in [0.1, 0.15) is 12.0 Å². The van der Waals surface area contributed by atoms with Crippen molar-refractivity contribution < 1.29 is 18.0 Å². The van der Waals surface area contributed by atoms with Gasteiger partial charge < -0.3 is 15.5 Å². The highest BCUT2D eigenvalue weighted by Gasteiger charge is 2.24. The molecule has 26 heavy (non-hydrogen) atoms. The molecule has 1 fully saturated rings. The Kier molecular flexibility index (Phi) is 5.35. The van der Waals surface area contributed by atoms with Crippen molar-refractivity contribution in [2.75, 3.05) is 31.1 Å². The number of hydrogen-bond acceptors (Lipinski definition) is 6. The number of anilines is 1. The van der Waals surface area contributed by atoms with Crippen LogP contribution in [-0.2, 0) is 11.2 Å². The fraction of sp³-hybridized carbons (Fsp3) is 0.467. The summed E-state index contributed by atoms with van der Waals surface area (Å²) in [5.41, 5.74) is 5.85. The molecule has 2 heterocycles. The number of nitrogens with two attached hydrogens (primary N) is 1. The van der Waals surface area contributed by atoms with Gasteiger partial charge in [-0.25, -0.2) is 13.2 Å². The molecule has 1 amide bonds. The smallest absolute Gasteiger partial charge is 0.265 e. The summed E-state index contributed by atoms with van der Waals surface area (Å²) in [6.07, 6.45) is -0.0712. The maximum absolute atomic E-state index is 13.7. The Morgan fingerprint density at radius 1 is 1.15 bits per heavy atom. The number of tetrazole rings is 1. The highest BCUT2D eigenvalue weighted by molar-refractivity contribution is 5.77. The normalized spacial score (nSPS) is 16.0. The van der Waals surface area contributed by atoms with E-state index >= 15 is 0 Å². The first-order valence-corrected chi connectivity index (χ1v) is 8.09. The Morgan fingerprint density at radius 3 is 2.50 bits per heavy atom. The highest BCUT2D eigenvalue weighted by Crippen LogP contribution is 2.16. The molecule has 8 nitrogen and oxygen atoms in total. The Balaban J connectivity index is 1.51. The van der Waals surface area contributed by atoms with E-state index in [9.17, 15) is 18.0 Å². The third-order valence-corrected chi connectivity index (χ3v) is 4.26. The zero-order valence-electron chi connectivity index (χ0n) is 13.8. The maximum atomic E-state index is 13.7. The first kappa shape index (κ1) is 18.1. The number of carbonyl (C=O) groups excluding carboxylic acids is 1. The summed E-state index contributed by atoms with van der Waals surface area (Å²) in [5.74, 6) is -2.97. The molecule has 3 N–H and O–H groups in total. The quantitative estimate of drug-likeness (QED) is 0.731. The number of rotatable bonds is 5. The molecule has 1 aliphatic heterocycles. The summed E-state index contributed by atoms with van der Waals surface area (Å²) < 4.78 is 39.9. The van der Waals surface area contributed by atoms with E-state index in [-0.39, 0.29) is 24.3 Å². The topological polar surface area (TPSA) is 104 Å². The molecule has 11 heteroatoms. The molecule has 0 bridgehead atoms. The van der Waals surface area contributed by atoms with Crippen molar-refractivity contribution in [2.24, 2.45) is 5.73 Å². The lowest BCUT2D eigenvalue weighted by molar-refractivity contribution is -0.131. The van der Waals surface area contributed by atoms with Crippen molar-refractivity contribution in [3.8, 4) is 0 Å². The first-order valence-electron chi connectivity index (χ1n) is 8.09. The average Bonchev–Trinajstić information content (AvgIpc) is 3.14. The number of H-pyrrole nitrogens is 1. The van der Waals surface area contributed by atoms with Gasteiger partial charge in [0.15, 0.2) is 11.6 Å². The van der Waals surface area contributed by atoms with Gasteiger partial charge in [0.1, 0.15) is 5.82 Å². The van der Waals surface area contributed by atoms with Crippen molar-refractivity contribution >= 4 is 11.9 Å². The summed E-state index contributed by atoms with van der Waals surface area (Å²) in [5, 5.41) is 13.6. The summed E-state index contributed by atoms with van der Waals surface area (Å²) in [7, 11) is 0. The predicted molar refractivity (Wildman–Crippen MR) is 85.6 cm³/mol. The van der Waals surface area contributed by atoms with E-state index in [2.05, 4.69) is 20.6 Å². The standard InChI is InChI=1S/C15H18F3N7O/c16-11-8-13(18)12(17)6-9(11)5-10(19)7-14(26)24-1-3-25(4-2-24)15-20-22-23-21-15/h6,8,10H,1-5,7,19H2,(H,20,21,22,23)/t10-/m1/s1. The number of benzene rings is 1. The number of aromatic amines is 1. The molecule has 3 rings (SSSR count). The van der Waals surface area contributed by atoms with E-state index in [1.54, 1.807) is 4.90 Å². The molecule has 0 saturated carbocycles. The van der Waals surface area contributed by atoms with Crippen LogP contribution in [0.5, 0.6) is 0 Å². The number of carbonyl (C=O) groups is 1. The van der Waals surface area contributed by atoms with Gasteiger partial charge in [-0.05, 0) is 23.3 Å². The molecule has 1 atom stereocenters. The SMILES string of the molecule is N[C@@H](CC(=O)N1CCN(c2nn[nH]n2)CC1)Cc1cc(F)c(F)cc1F. The molecule has 1 aromatic carbocycles. The average molecular weight is 369 g/mol. The second kappa shape index (κ2) is 7.68. The number of hydrogen-bond donors (Lipinski definition) is 2. The zero-order chi connectivity index (χ0) is 18.7. The minimum absolute atomic E-state index is 0.0132. The Hall–Kier alpha value is -2.69.